The fourth-order valence-electron chi connectivity index (χ4n) is 2.33. The maximum Gasteiger partial charge on any atom is 0.334 e. The molecule has 0 amide bonds. The highest BCUT2D eigenvalue weighted by Crippen LogP contribution is 2.51. The summed E-state index contributed by atoms with van der Waals surface area (Å²) in [6, 6.07) is 11.8. The Bertz CT molecular complexity index is 806. The highest BCUT2D eigenvalue weighted by molar-refractivity contribution is 7.52. The van der Waals surface area contributed by atoms with Gasteiger partial charge in [0.1, 0.15) is 11.9 Å². The van der Waals surface area contributed by atoms with Crippen LogP contribution in [0.3, 0.4) is 0 Å². The van der Waals surface area contributed by atoms with E-state index in [2.05, 4.69) is 0 Å². The number of halogens is 1. The summed E-state index contributed by atoms with van der Waals surface area (Å²) in [6.07, 6.45) is 0.0935. The molecule has 0 unspecified atom stereocenters. The minimum atomic E-state index is -3.24. The third-order valence-corrected chi connectivity index (χ3v) is 5.42. The van der Waals surface area contributed by atoms with Gasteiger partial charge in [-0.2, -0.15) is 5.26 Å². The lowest BCUT2D eigenvalue weighted by molar-refractivity contribution is 0.275. The zero-order valence-electron chi connectivity index (χ0n) is 13.2. The predicted octanol–water partition coefficient (Wildman–Crippen LogP) is 4.66. The van der Waals surface area contributed by atoms with Crippen LogP contribution in [0.1, 0.15) is 16.7 Å². The molecule has 0 aliphatic rings. The molecular weight excluding hydrogens is 316 g/mol. The van der Waals surface area contributed by atoms with Crippen molar-refractivity contribution in [2.24, 2.45) is 0 Å². The molecule has 0 heterocycles. The SMILES string of the molecule is COP(=O)(Cc1cc(C)ccc1-c1ccc(F)c(C#N)c1)OC. The molecule has 2 rings (SSSR count). The molecule has 0 aromatic heterocycles. The van der Waals surface area contributed by atoms with Crippen LogP contribution in [0.5, 0.6) is 0 Å². The van der Waals surface area contributed by atoms with Gasteiger partial charge in [0.25, 0.3) is 0 Å². The van der Waals surface area contributed by atoms with Crippen LogP contribution in [0.4, 0.5) is 4.39 Å². The number of hydrogen-bond acceptors (Lipinski definition) is 4. The number of aryl methyl sites for hydroxylation is 1. The quantitative estimate of drug-likeness (QED) is 0.747. The molecule has 0 radical (unpaired) electrons. The monoisotopic (exact) mass is 333 g/mol. The minimum Gasteiger partial charge on any atom is -0.312 e. The van der Waals surface area contributed by atoms with Crippen molar-refractivity contribution in [3.8, 4) is 17.2 Å². The summed E-state index contributed by atoms with van der Waals surface area (Å²) in [7, 11) is -0.560. The van der Waals surface area contributed by atoms with Gasteiger partial charge in [-0.1, -0.05) is 29.8 Å². The van der Waals surface area contributed by atoms with E-state index in [1.807, 2.05) is 31.2 Å². The summed E-state index contributed by atoms with van der Waals surface area (Å²) in [5.74, 6) is -0.565. The first-order valence-corrected chi connectivity index (χ1v) is 8.65. The van der Waals surface area contributed by atoms with Crippen molar-refractivity contribution in [3.05, 3.63) is 58.9 Å². The summed E-state index contributed by atoms with van der Waals surface area (Å²) >= 11 is 0. The van der Waals surface area contributed by atoms with E-state index in [4.69, 9.17) is 14.3 Å². The predicted molar refractivity (Wildman–Crippen MR) is 86.6 cm³/mol. The molecule has 2 aromatic carbocycles. The molecular formula is C17H17FNO3P. The first-order valence-electron chi connectivity index (χ1n) is 6.92. The van der Waals surface area contributed by atoms with Crippen molar-refractivity contribution in [1.82, 2.24) is 0 Å². The van der Waals surface area contributed by atoms with Crippen molar-refractivity contribution in [1.29, 1.82) is 5.26 Å². The molecule has 2 aromatic rings. The first-order chi connectivity index (χ1) is 10.9. The van der Waals surface area contributed by atoms with E-state index in [-0.39, 0.29) is 11.7 Å². The molecule has 0 aliphatic carbocycles. The van der Waals surface area contributed by atoms with Crippen LogP contribution in [0.2, 0.25) is 0 Å². The molecule has 0 saturated carbocycles. The van der Waals surface area contributed by atoms with Crippen LogP contribution in [-0.4, -0.2) is 14.2 Å². The van der Waals surface area contributed by atoms with E-state index < -0.39 is 13.4 Å². The summed E-state index contributed by atoms with van der Waals surface area (Å²) < 4.78 is 36.0. The van der Waals surface area contributed by atoms with Gasteiger partial charge in [0, 0.05) is 14.2 Å². The van der Waals surface area contributed by atoms with Crippen molar-refractivity contribution in [3.63, 3.8) is 0 Å². The number of nitriles is 1. The Morgan fingerprint density at radius 2 is 1.87 bits per heavy atom. The van der Waals surface area contributed by atoms with Crippen molar-refractivity contribution >= 4 is 7.60 Å². The van der Waals surface area contributed by atoms with E-state index in [1.54, 1.807) is 6.07 Å². The molecule has 0 N–H and O–H groups in total. The Morgan fingerprint density at radius 1 is 1.17 bits per heavy atom. The maximum atomic E-state index is 13.5. The highest BCUT2D eigenvalue weighted by Gasteiger charge is 2.24. The van der Waals surface area contributed by atoms with Crippen LogP contribution in [0.25, 0.3) is 11.1 Å². The van der Waals surface area contributed by atoms with Gasteiger partial charge < -0.3 is 9.05 Å². The Balaban J connectivity index is 2.56. The lowest BCUT2D eigenvalue weighted by Gasteiger charge is -2.17. The second kappa shape index (κ2) is 7.06. The lowest BCUT2D eigenvalue weighted by Crippen LogP contribution is -1.97. The second-order valence-electron chi connectivity index (χ2n) is 5.10. The first kappa shape index (κ1) is 17.4. The average Bonchev–Trinajstić information content (AvgIpc) is 2.55. The van der Waals surface area contributed by atoms with E-state index in [0.29, 0.717) is 5.56 Å². The van der Waals surface area contributed by atoms with Gasteiger partial charge in [-0.15, -0.1) is 0 Å². The van der Waals surface area contributed by atoms with Gasteiger partial charge in [-0.25, -0.2) is 4.39 Å². The van der Waals surface area contributed by atoms with Gasteiger partial charge in [0.2, 0.25) is 0 Å². The third-order valence-electron chi connectivity index (χ3n) is 3.58. The molecule has 120 valence electrons. The molecule has 0 aliphatic heterocycles. The zero-order chi connectivity index (χ0) is 17.0. The van der Waals surface area contributed by atoms with Gasteiger partial charge in [0.15, 0.2) is 0 Å². The van der Waals surface area contributed by atoms with Crippen LogP contribution >= 0.6 is 7.60 Å². The largest absolute Gasteiger partial charge is 0.334 e. The topological polar surface area (TPSA) is 59.3 Å². The van der Waals surface area contributed by atoms with E-state index in [1.165, 1.54) is 26.4 Å². The second-order valence-corrected chi connectivity index (χ2v) is 7.37. The Morgan fingerprint density at radius 3 is 2.48 bits per heavy atom. The Hall–Kier alpha value is -1.99. The zero-order valence-corrected chi connectivity index (χ0v) is 14.1. The minimum absolute atomic E-state index is 0.0318. The average molecular weight is 333 g/mol. The van der Waals surface area contributed by atoms with Crippen LogP contribution in [0, 0.1) is 24.1 Å². The van der Waals surface area contributed by atoms with Crippen LogP contribution in [0.15, 0.2) is 36.4 Å². The van der Waals surface area contributed by atoms with E-state index in [0.717, 1.165) is 16.7 Å². The van der Waals surface area contributed by atoms with Crippen LogP contribution in [-0.2, 0) is 19.8 Å². The van der Waals surface area contributed by atoms with Crippen molar-refractivity contribution in [2.75, 3.05) is 14.2 Å². The summed E-state index contributed by atoms with van der Waals surface area (Å²) in [4.78, 5) is 0. The fourth-order valence-corrected chi connectivity index (χ4v) is 3.41. The normalized spacial score (nSPS) is 11.3. The summed E-state index contributed by atoms with van der Waals surface area (Å²) in [5.41, 5.74) is 3.16. The lowest BCUT2D eigenvalue weighted by atomic mass is 9.97. The van der Waals surface area contributed by atoms with E-state index in [9.17, 15) is 8.96 Å². The number of benzene rings is 2. The molecule has 0 atom stereocenters. The van der Waals surface area contributed by atoms with Crippen molar-refractivity contribution in [2.45, 2.75) is 13.1 Å². The third kappa shape index (κ3) is 3.86. The molecule has 0 saturated heterocycles. The molecule has 0 fully saturated rings. The molecule has 0 bridgehead atoms. The highest BCUT2D eigenvalue weighted by atomic mass is 31.2. The summed E-state index contributed by atoms with van der Waals surface area (Å²) in [5, 5.41) is 8.99. The number of rotatable bonds is 5. The smallest absolute Gasteiger partial charge is 0.312 e. The van der Waals surface area contributed by atoms with Gasteiger partial charge in [0.05, 0.1) is 11.7 Å². The van der Waals surface area contributed by atoms with E-state index >= 15 is 0 Å². The standard InChI is InChI=1S/C17H17FNO3P/c1-12-4-6-16(13-5-7-17(18)14(9-13)10-19)15(8-12)11-23(20,21-2)22-3/h4-9H,11H2,1-3H3. The Kier molecular flexibility index (Phi) is 5.33. The van der Waals surface area contributed by atoms with Crippen LogP contribution < -0.4 is 0 Å². The summed E-state index contributed by atoms with van der Waals surface area (Å²) in [6.45, 7) is 1.92. The molecule has 23 heavy (non-hydrogen) atoms. The van der Waals surface area contributed by atoms with Gasteiger partial charge in [-0.3, -0.25) is 4.57 Å². The van der Waals surface area contributed by atoms with Gasteiger partial charge in [-0.05, 0) is 35.7 Å². The van der Waals surface area contributed by atoms with Crippen molar-refractivity contribution < 1.29 is 18.0 Å². The fraction of sp³-hybridized carbons (Fsp3) is 0.235. The number of nitrogens with zero attached hydrogens (tertiary/aromatic N) is 1. The Labute approximate surface area is 135 Å². The maximum absolute atomic E-state index is 13.5. The molecule has 6 heteroatoms. The molecule has 4 nitrogen and oxygen atoms in total. The molecule has 0 spiro atoms. The number of hydrogen-bond donors (Lipinski definition) is 0. The van der Waals surface area contributed by atoms with Gasteiger partial charge >= 0.3 is 7.60 Å².